The fourth-order valence-corrected chi connectivity index (χ4v) is 2.18. The topological polar surface area (TPSA) is 47.3 Å². The minimum atomic E-state index is 0.107. The molecule has 2 rings (SSSR count). The van der Waals surface area contributed by atoms with Crippen LogP contribution in [-0.2, 0) is 6.42 Å². The number of nitrogens with two attached hydrogens (primary N) is 1. The second-order valence-corrected chi connectivity index (χ2v) is 5.49. The lowest BCUT2D eigenvalue weighted by Gasteiger charge is -2.14. The van der Waals surface area contributed by atoms with Crippen LogP contribution in [0.4, 0.5) is 17.1 Å². The van der Waals surface area contributed by atoms with Gasteiger partial charge in [-0.1, -0.05) is 25.5 Å². The Morgan fingerprint density at radius 1 is 1.05 bits per heavy atom. The zero-order valence-electron chi connectivity index (χ0n) is 13.0. The van der Waals surface area contributed by atoms with Gasteiger partial charge in [0, 0.05) is 17.4 Å². The second kappa shape index (κ2) is 7.02. The molecule has 0 saturated heterocycles. The maximum atomic E-state index is 5.93. The van der Waals surface area contributed by atoms with Crippen LogP contribution in [0.1, 0.15) is 32.8 Å². The Morgan fingerprint density at radius 3 is 2.33 bits per heavy atom. The summed E-state index contributed by atoms with van der Waals surface area (Å²) in [4.78, 5) is 0. The van der Waals surface area contributed by atoms with Gasteiger partial charge in [0.05, 0.1) is 11.8 Å². The van der Waals surface area contributed by atoms with E-state index in [1.54, 1.807) is 0 Å². The first-order valence-electron chi connectivity index (χ1n) is 7.50. The predicted molar refractivity (Wildman–Crippen MR) is 90.3 cm³/mol. The zero-order chi connectivity index (χ0) is 15.2. The van der Waals surface area contributed by atoms with Gasteiger partial charge in [0.1, 0.15) is 5.75 Å². The molecule has 112 valence electrons. The van der Waals surface area contributed by atoms with Crippen LogP contribution in [0.3, 0.4) is 0 Å². The summed E-state index contributed by atoms with van der Waals surface area (Å²) >= 11 is 0. The number of hydrogen-bond donors (Lipinski definition) is 2. The molecule has 21 heavy (non-hydrogen) atoms. The van der Waals surface area contributed by atoms with Crippen molar-refractivity contribution < 1.29 is 4.74 Å². The zero-order valence-corrected chi connectivity index (χ0v) is 13.0. The first-order valence-corrected chi connectivity index (χ1v) is 7.50. The lowest BCUT2D eigenvalue weighted by Crippen LogP contribution is -2.07. The Labute approximate surface area is 127 Å². The summed E-state index contributed by atoms with van der Waals surface area (Å²) in [5.41, 5.74) is 10.00. The highest BCUT2D eigenvalue weighted by Crippen LogP contribution is 2.28. The van der Waals surface area contributed by atoms with Gasteiger partial charge in [-0.15, -0.1) is 0 Å². The molecule has 3 nitrogen and oxygen atoms in total. The molecule has 0 bridgehead atoms. The van der Waals surface area contributed by atoms with Crippen LogP contribution in [0.25, 0.3) is 0 Å². The minimum Gasteiger partial charge on any atom is -0.489 e. The van der Waals surface area contributed by atoms with Crippen LogP contribution in [0, 0.1) is 0 Å². The number of rotatable bonds is 6. The van der Waals surface area contributed by atoms with Crippen LogP contribution in [0.5, 0.6) is 5.75 Å². The average molecular weight is 284 g/mol. The van der Waals surface area contributed by atoms with E-state index in [1.165, 1.54) is 12.0 Å². The highest BCUT2D eigenvalue weighted by atomic mass is 16.5. The van der Waals surface area contributed by atoms with Crippen LogP contribution in [0.2, 0.25) is 0 Å². The van der Waals surface area contributed by atoms with Crippen molar-refractivity contribution in [2.24, 2.45) is 0 Å². The summed E-state index contributed by atoms with van der Waals surface area (Å²) in [6.45, 7) is 6.18. The van der Waals surface area contributed by atoms with E-state index in [2.05, 4.69) is 36.5 Å². The Morgan fingerprint density at radius 2 is 1.71 bits per heavy atom. The predicted octanol–water partition coefficient (Wildman–Crippen LogP) is 4.75. The van der Waals surface area contributed by atoms with Gasteiger partial charge >= 0.3 is 0 Å². The number of aryl methyl sites for hydroxylation is 1. The van der Waals surface area contributed by atoms with Crippen molar-refractivity contribution in [3.8, 4) is 5.75 Å². The fourth-order valence-electron chi connectivity index (χ4n) is 2.18. The van der Waals surface area contributed by atoms with E-state index in [9.17, 15) is 0 Å². The lowest BCUT2D eigenvalue weighted by atomic mass is 10.1. The maximum absolute atomic E-state index is 5.93. The summed E-state index contributed by atoms with van der Waals surface area (Å²) in [7, 11) is 0. The van der Waals surface area contributed by atoms with Crippen molar-refractivity contribution in [3.05, 3.63) is 48.0 Å². The van der Waals surface area contributed by atoms with Gasteiger partial charge in [-0.3, -0.25) is 0 Å². The average Bonchev–Trinajstić information content (AvgIpc) is 2.44. The lowest BCUT2D eigenvalue weighted by molar-refractivity contribution is 0.244. The molecule has 0 unspecified atom stereocenters. The molecule has 3 N–H and O–H groups in total. The first-order chi connectivity index (χ1) is 10.1. The first kappa shape index (κ1) is 15.2. The van der Waals surface area contributed by atoms with Crippen LogP contribution in [-0.4, -0.2) is 6.10 Å². The monoisotopic (exact) mass is 284 g/mol. The van der Waals surface area contributed by atoms with Crippen molar-refractivity contribution in [3.63, 3.8) is 0 Å². The van der Waals surface area contributed by atoms with Crippen molar-refractivity contribution in [2.45, 2.75) is 39.7 Å². The van der Waals surface area contributed by atoms with Gasteiger partial charge in [-0.25, -0.2) is 0 Å². The van der Waals surface area contributed by atoms with Crippen LogP contribution < -0.4 is 15.8 Å². The third-order valence-electron chi connectivity index (χ3n) is 3.16. The molecule has 3 heteroatoms. The van der Waals surface area contributed by atoms with E-state index < -0.39 is 0 Å². The minimum absolute atomic E-state index is 0.107. The van der Waals surface area contributed by atoms with Crippen molar-refractivity contribution in [2.75, 3.05) is 11.1 Å². The Bertz CT molecular complexity index is 576. The molecule has 2 aromatic rings. The van der Waals surface area contributed by atoms with E-state index in [1.807, 2.05) is 32.0 Å². The molecular weight excluding hydrogens is 260 g/mol. The molecular formula is C18H24N2O. The van der Waals surface area contributed by atoms with E-state index in [4.69, 9.17) is 10.5 Å². The maximum Gasteiger partial charge on any atom is 0.144 e. The van der Waals surface area contributed by atoms with E-state index in [-0.39, 0.29) is 6.10 Å². The largest absolute Gasteiger partial charge is 0.489 e. The Hall–Kier alpha value is -2.16. The molecule has 0 aliphatic rings. The molecule has 0 aliphatic heterocycles. The van der Waals surface area contributed by atoms with Gasteiger partial charge in [0.15, 0.2) is 0 Å². The van der Waals surface area contributed by atoms with Gasteiger partial charge in [-0.2, -0.15) is 0 Å². The highest BCUT2D eigenvalue weighted by Gasteiger charge is 2.05. The number of benzene rings is 2. The molecule has 0 fully saturated rings. The molecule has 0 aromatic heterocycles. The van der Waals surface area contributed by atoms with E-state index in [0.717, 1.165) is 23.5 Å². The Kier molecular flexibility index (Phi) is 5.09. The van der Waals surface area contributed by atoms with Crippen molar-refractivity contribution in [1.29, 1.82) is 0 Å². The number of nitrogens with one attached hydrogen (secondary N) is 1. The normalized spacial score (nSPS) is 10.7. The van der Waals surface area contributed by atoms with Gasteiger partial charge in [0.2, 0.25) is 0 Å². The summed E-state index contributed by atoms with van der Waals surface area (Å²) in [6, 6.07) is 14.3. The third kappa shape index (κ3) is 4.42. The quantitative estimate of drug-likeness (QED) is 0.752. The highest BCUT2D eigenvalue weighted by molar-refractivity contribution is 5.66. The van der Waals surface area contributed by atoms with E-state index in [0.29, 0.717) is 5.69 Å². The molecule has 0 amide bonds. The number of hydrogen-bond acceptors (Lipinski definition) is 3. The smallest absolute Gasteiger partial charge is 0.144 e. The van der Waals surface area contributed by atoms with E-state index >= 15 is 0 Å². The number of ether oxygens (including phenoxy) is 1. The number of nitrogen functional groups attached to an aromatic ring is 1. The summed E-state index contributed by atoms with van der Waals surface area (Å²) in [5, 5.41) is 3.38. The number of anilines is 3. The van der Waals surface area contributed by atoms with Crippen molar-refractivity contribution in [1.82, 2.24) is 0 Å². The molecule has 0 saturated carbocycles. The standard InChI is InChI=1S/C18H24N2O/c1-4-5-14-6-8-15(9-7-14)20-16-10-11-17(19)18(12-16)21-13(2)3/h6-13,20H,4-5,19H2,1-3H3. The fraction of sp³-hybridized carbons (Fsp3) is 0.333. The van der Waals surface area contributed by atoms with Gasteiger partial charge in [-0.05, 0) is 50.1 Å². The molecule has 0 atom stereocenters. The molecule has 2 aromatic carbocycles. The summed E-state index contributed by atoms with van der Waals surface area (Å²) in [6.07, 6.45) is 2.39. The molecule has 0 aliphatic carbocycles. The van der Waals surface area contributed by atoms with Crippen LogP contribution in [0.15, 0.2) is 42.5 Å². The van der Waals surface area contributed by atoms with Gasteiger partial charge in [0.25, 0.3) is 0 Å². The SMILES string of the molecule is CCCc1ccc(Nc2ccc(N)c(OC(C)C)c2)cc1. The van der Waals surface area contributed by atoms with Gasteiger partial charge < -0.3 is 15.8 Å². The third-order valence-corrected chi connectivity index (χ3v) is 3.16. The van der Waals surface area contributed by atoms with Crippen molar-refractivity contribution >= 4 is 17.1 Å². The molecule has 0 radical (unpaired) electrons. The summed E-state index contributed by atoms with van der Waals surface area (Å²) in [5.74, 6) is 0.720. The molecule has 0 heterocycles. The Balaban J connectivity index is 2.11. The van der Waals surface area contributed by atoms with Crippen LogP contribution >= 0.6 is 0 Å². The second-order valence-electron chi connectivity index (χ2n) is 5.49. The summed E-state index contributed by atoms with van der Waals surface area (Å²) < 4.78 is 5.71. The molecule has 0 spiro atoms.